The maximum absolute atomic E-state index is 13.1. The zero-order valence-electron chi connectivity index (χ0n) is 17.0. The fourth-order valence-electron chi connectivity index (χ4n) is 3.82. The number of aromatic hydroxyl groups is 1. The van der Waals surface area contributed by atoms with Crippen molar-refractivity contribution in [2.75, 3.05) is 13.1 Å². The Bertz CT molecular complexity index is 1160. The zero-order valence-corrected chi connectivity index (χ0v) is 18.6. The highest BCUT2D eigenvalue weighted by atomic mass is 35.5. The molecule has 3 heterocycles. The molecular weight excluding hydrogens is 434 g/mol. The first-order valence-electron chi connectivity index (χ1n) is 10.1. The number of pyridine rings is 1. The van der Waals surface area contributed by atoms with Gasteiger partial charge in [-0.25, -0.2) is 0 Å². The van der Waals surface area contributed by atoms with Crippen molar-refractivity contribution in [1.82, 2.24) is 14.8 Å². The quantitative estimate of drug-likeness (QED) is 0.581. The lowest BCUT2D eigenvalue weighted by atomic mass is 10.1. The number of carbonyl (C=O) groups is 2. The number of halogens is 1. The Morgan fingerprint density at radius 3 is 2.87 bits per heavy atom. The largest absolute Gasteiger partial charge is 0.507 e. The van der Waals surface area contributed by atoms with Crippen LogP contribution in [0.15, 0.2) is 48.7 Å². The van der Waals surface area contributed by atoms with Crippen LogP contribution in [0.1, 0.15) is 23.8 Å². The average Bonchev–Trinajstić information content (AvgIpc) is 3.18. The predicted octanol–water partition coefficient (Wildman–Crippen LogP) is 4.32. The van der Waals surface area contributed by atoms with Gasteiger partial charge in [-0.2, -0.15) is 0 Å². The van der Waals surface area contributed by atoms with Crippen molar-refractivity contribution < 1.29 is 14.7 Å². The highest BCUT2D eigenvalue weighted by molar-refractivity contribution is 7.17. The second kappa shape index (κ2) is 9.08. The van der Waals surface area contributed by atoms with E-state index in [2.05, 4.69) is 4.98 Å². The molecule has 1 aliphatic heterocycles. The molecule has 1 aliphatic rings. The molecule has 2 amide bonds. The summed E-state index contributed by atoms with van der Waals surface area (Å²) in [5.41, 5.74) is 1.62. The Morgan fingerprint density at radius 1 is 1.29 bits per heavy atom. The fourth-order valence-corrected chi connectivity index (χ4v) is 4.78. The van der Waals surface area contributed by atoms with E-state index in [1.807, 2.05) is 31.2 Å². The van der Waals surface area contributed by atoms with Gasteiger partial charge in [0, 0.05) is 42.2 Å². The number of aromatic nitrogens is 1. The molecule has 0 spiro atoms. The molecule has 0 unspecified atom stereocenters. The van der Waals surface area contributed by atoms with Crippen LogP contribution in [0, 0.1) is 0 Å². The third-order valence-electron chi connectivity index (χ3n) is 5.40. The highest BCUT2D eigenvalue weighted by Gasteiger charge is 2.35. The van der Waals surface area contributed by atoms with Gasteiger partial charge >= 0.3 is 0 Å². The summed E-state index contributed by atoms with van der Waals surface area (Å²) in [5.74, 6) is -0.0444. The van der Waals surface area contributed by atoms with E-state index in [0.29, 0.717) is 41.3 Å². The molecule has 1 aromatic carbocycles. The van der Waals surface area contributed by atoms with Crippen molar-refractivity contribution >= 4 is 51.7 Å². The van der Waals surface area contributed by atoms with E-state index in [0.717, 1.165) is 10.4 Å². The number of carbonyl (C=O) groups excluding carboxylic acids is 2. The topological polar surface area (TPSA) is 73.7 Å². The highest BCUT2D eigenvalue weighted by Crippen LogP contribution is 2.25. The van der Waals surface area contributed by atoms with Gasteiger partial charge in [0.2, 0.25) is 11.8 Å². The van der Waals surface area contributed by atoms with Crippen molar-refractivity contribution in [2.45, 2.75) is 25.9 Å². The Labute approximate surface area is 189 Å². The monoisotopic (exact) mass is 455 g/mol. The van der Waals surface area contributed by atoms with E-state index < -0.39 is 6.04 Å². The van der Waals surface area contributed by atoms with Crippen molar-refractivity contribution in [1.29, 1.82) is 0 Å². The number of benzene rings is 1. The van der Waals surface area contributed by atoms with E-state index >= 15 is 0 Å². The Kier molecular flexibility index (Phi) is 6.25. The molecule has 1 saturated heterocycles. The smallest absolute Gasteiger partial charge is 0.247 e. The van der Waals surface area contributed by atoms with E-state index in [9.17, 15) is 14.7 Å². The van der Waals surface area contributed by atoms with Crippen LogP contribution in [-0.4, -0.2) is 50.8 Å². The van der Waals surface area contributed by atoms with Crippen LogP contribution in [0.5, 0.6) is 5.75 Å². The number of nitrogens with zero attached hydrogens (tertiary/aromatic N) is 3. The lowest BCUT2D eigenvalue weighted by Crippen LogP contribution is -2.57. The van der Waals surface area contributed by atoms with Crippen molar-refractivity contribution in [3.8, 4) is 5.75 Å². The first kappa shape index (κ1) is 21.3. The third kappa shape index (κ3) is 4.57. The maximum atomic E-state index is 13.1. The molecule has 0 aliphatic carbocycles. The van der Waals surface area contributed by atoms with E-state index in [1.165, 1.54) is 17.4 Å². The summed E-state index contributed by atoms with van der Waals surface area (Å²) in [4.78, 5) is 34.5. The van der Waals surface area contributed by atoms with Gasteiger partial charge in [0.25, 0.3) is 0 Å². The number of fused-ring (bicyclic) bond motifs is 1. The number of amides is 2. The number of piperazine rings is 1. The SMILES string of the molecule is CC[C@H]1C(=O)N(Cc2ccc3c(O)ccnc3c2)CCN1C(=O)C=Cc1ccc(Cl)s1. The van der Waals surface area contributed by atoms with Crippen LogP contribution < -0.4 is 0 Å². The second-order valence-corrected chi connectivity index (χ2v) is 9.12. The summed E-state index contributed by atoms with van der Waals surface area (Å²) in [5, 5.41) is 10.6. The molecule has 3 aromatic rings. The van der Waals surface area contributed by atoms with Crippen LogP contribution in [0.25, 0.3) is 17.0 Å². The molecule has 0 saturated carbocycles. The standard InChI is InChI=1S/C23H22ClN3O3S/c1-2-19-23(30)26(14-15-3-6-17-18(13-15)25-10-9-20(17)28)11-12-27(19)22(29)8-5-16-4-7-21(24)31-16/h3-10,13,19H,2,11-12,14H2,1H3,(H,25,28)/t19-/m0/s1. The minimum absolute atomic E-state index is 0.0568. The summed E-state index contributed by atoms with van der Waals surface area (Å²) in [6, 6.07) is 10.3. The van der Waals surface area contributed by atoms with Crippen molar-refractivity contribution in [3.63, 3.8) is 0 Å². The lowest BCUT2D eigenvalue weighted by molar-refractivity contribution is -0.149. The molecule has 0 bridgehead atoms. The van der Waals surface area contributed by atoms with Gasteiger partial charge in [-0.1, -0.05) is 24.6 Å². The van der Waals surface area contributed by atoms with Gasteiger partial charge in [0.15, 0.2) is 0 Å². The van der Waals surface area contributed by atoms with Gasteiger partial charge in [-0.05, 0) is 48.4 Å². The minimum Gasteiger partial charge on any atom is -0.507 e. The summed E-state index contributed by atoms with van der Waals surface area (Å²) in [7, 11) is 0. The molecule has 2 aromatic heterocycles. The van der Waals surface area contributed by atoms with Crippen LogP contribution in [-0.2, 0) is 16.1 Å². The van der Waals surface area contributed by atoms with Crippen LogP contribution in [0.3, 0.4) is 0 Å². The van der Waals surface area contributed by atoms with Gasteiger partial charge in [-0.3, -0.25) is 14.6 Å². The molecule has 6 nitrogen and oxygen atoms in total. The van der Waals surface area contributed by atoms with Crippen LogP contribution in [0.2, 0.25) is 4.34 Å². The summed E-state index contributed by atoms with van der Waals surface area (Å²) in [6.45, 7) is 3.29. The summed E-state index contributed by atoms with van der Waals surface area (Å²) >= 11 is 7.33. The maximum Gasteiger partial charge on any atom is 0.247 e. The third-order valence-corrected chi connectivity index (χ3v) is 6.59. The first-order valence-corrected chi connectivity index (χ1v) is 11.2. The molecule has 31 heavy (non-hydrogen) atoms. The molecule has 0 radical (unpaired) electrons. The average molecular weight is 456 g/mol. The van der Waals surface area contributed by atoms with Gasteiger partial charge in [-0.15, -0.1) is 11.3 Å². The van der Waals surface area contributed by atoms with Gasteiger partial charge in [0.1, 0.15) is 11.8 Å². The first-order chi connectivity index (χ1) is 15.0. The number of thiophene rings is 1. The van der Waals surface area contributed by atoms with Gasteiger partial charge < -0.3 is 14.9 Å². The molecule has 1 atom stereocenters. The van der Waals surface area contributed by atoms with Gasteiger partial charge in [0.05, 0.1) is 9.85 Å². The molecule has 8 heteroatoms. The van der Waals surface area contributed by atoms with Crippen molar-refractivity contribution in [2.24, 2.45) is 0 Å². The summed E-state index contributed by atoms with van der Waals surface area (Å²) in [6.07, 6.45) is 5.35. The zero-order chi connectivity index (χ0) is 22.0. The molecule has 1 N–H and O–H groups in total. The van der Waals surface area contributed by atoms with E-state index in [-0.39, 0.29) is 17.6 Å². The Balaban J connectivity index is 1.46. The second-order valence-electron chi connectivity index (χ2n) is 7.37. The number of hydrogen-bond donors (Lipinski definition) is 1. The van der Waals surface area contributed by atoms with Crippen LogP contribution in [0.4, 0.5) is 0 Å². The minimum atomic E-state index is -0.486. The lowest BCUT2D eigenvalue weighted by Gasteiger charge is -2.40. The number of rotatable bonds is 5. The molecular formula is C23H22ClN3O3S. The fraction of sp³-hybridized carbons (Fsp3) is 0.261. The number of hydrogen-bond acceptors (Lipinski definition) is 5. The van der Waals surface area contributed by atoms with Crippen molar-refractivity contribution in [3.05, 3.63) is 63.4 Å². The molecule has 4 rings (SSSR count). The Morgan fingerprint density at radius 2 is 2.13 bits per heavy atom. The normalized spacial score (nSPS) is 17.1. The molecule has 160 valence electrons. The Hall–Kier alpha value is -2.90. The molecule has 1 fully saturated rings. The van der Waals surface area contributed by atoms with Crippen LogP contribution >= 0.6 is 22.9 Å². The van der Waals surface area contributed by atoms with E-state index in [1.54, 1.807) is 34.2 Å². The summed E-state index contributed by atoms with van der Waals surface area (Å²) < 4.78 is 0.668. The van der Waals surface area contributed by atoms with E-state index in [4.69, 9.17) is 11.6 Å². The predicted molar refractivity (Wildman–Crippen MR) is 123 cm³/mol.